The van der Waals surface area contributed by atoms with Gasteiger partial charge in [-0.15, -0.1) is 0 Å². The summed E-state index contributed by atoms with van der Waals surface area (Å²) >= 11 is 0. The Hall–Kier alpha value is -1.31. The maximum absolute atomic E-state index is 10.4. The molecule has 1 aromatic rings. The van der Waals surface area contributed by atoms with Gasteiger partial charge in [-0.3, -0.25) is 4.79 Å². The first kappa shape index (κ1) is 14.1. The van der Waals surface area contributed by atoms with E-state index in [0.29, 0.717) is 12.3 Å². The average molecular weight is 260 g/mol. The van der Waals surface area contributed by atoms with Gasteiger partial charge >= 0.3 is 5.97 Å². The van der Waals surface area contributed by atoms with Crippen molar-refractivity contribution in [3.05, 3.63) is 35.9 Å². The molecule has 3 rings (SSSR count). The van der Waals surface area contributed by atoms with Crippen LogP contribution in [0.25, 0.3) is 0 Å². The predicted molar refractivity (Wildman–Crippen MR) is 77.0 cm³/mol. The SMILES string of the molecule is CCc1ccccc1.O=C(O)CC1CC2CCC2C1. The maximum atomic E-state index is 10.4. The molecule has 2 nitrogen and oxygen atoms in total. The number of hydrogen-bond acceptors (Lipinski definition) is 1. The highest BCUT2D eigenvalue weighted by molar-refractivity contribution is 5.67. The molecule has 2 fully saturated rings. The zero-order valence-electron chi connectivity index (χ0n) is 11.7. The fourth-order valence-electron chi connectivity index (χ4n) is 3.34. The summed E-state index contributed by atoms with van der Waals surface area (Å²) in [5, 5.41) is 8.57. The second-order valence-electron chi connectivity index (χ2n) is 5.87. The van der Waals surface area contributed by atoms with Crippen LogP contribution in [-0.4, -0.2) is 11.1 Å². The first-order valence-corrected chi connectivity index (χ1v) is 7.44. The molecular formula is C17H24O2. The molecule has 2 unspecified atom stereocenters. The van der Waals surface area contributed by atoms with Crippen LogP contribution in [0.15, 0.2) is 30.3 Å². The van der Waals surface area contributed by atoms with E-state index in [2.05, 4.69) is 31.2 Å². The van der Waals surface area contributed by atoms with Gasteiger partial charge in [-0.05, 0) is 55.4 Å². The van der Waals surface area contributed by atoms with Crippen molar-refractivity contribution in [3.8, 4) is 0 Å². The van der Waals surface area contributed by atoms with Crippen molar-refractivity contribution in [2.75, 3.05) is 0 Å². The number of carboxylic acid groups (broad SMARTS) is 1. The topological polar surface area (TPSA) is 37.3 Å². The molecule has 19 heavy (non-hydrogen) atoms. The molecule has 0 aromatic heterocycles. The van der Waals surface area contributed by atoms with E-state index in [1.54, 1.807) is 0 Å². The molecule has 2 heteroatoms. The van der Waals surface area contributed by atoms with Gasteiger partial charge < -0.3 is 5.11 Å². The van der Waals surface area contributed by atoms with Crippen LogP contribution in [-0.2, 0) is 11.2 Å². The smallest absolute Gasteiger partial charge is 0.303 e. The van der Waals surface area contributed by atoms with Crippen LogP contribution in [0.4, 0.5) is 0 Å². The van der Waals surface area contributed by atoms with Gasteiger partial charge in [0, 0.05) is 6.42 Å². The van der Waals surface area contributed by atoms with Crippen molar-refractivity contribution < 1.29 is 9.90 Å². The zero-order chi connectivity index (χ0) is 13.7. The molecule has 0 spiro atoms. The van der Waals surface area contributed by atoms with Gasteiger partial charge in [-0.25, -0.2) is 0 Å². The number of benzene rings is 1. The molecule has 1 N–H and O–H groups in total. The molecule has 0 aliphatic heterocycles. The largest absolute Gasteiger partial charge is 0.481 e. The van der Waals surface area contributed by atoms with E-state index in [0.717, 1.165) is 18.3 Å². The standard InChI is InChI=1S/C9H14O2.C8H10/c10-9(11)5-6-3-7-1-2-8(7)4-6;1-2-8-6-4-3-5-7-8/h6-8H,1-5H2,(H,10,11);3-7H,2H2,1H3. The lowest BCUT2D eigenvalue weighted by Gasteiger charge is -2.29. The lowest BCUT2D eigenvalue weighted by atomic mass is 9.77. The molecule has 0 radical (unpaired) electrons. The van der Waals surface area contributed by atoms with Crippen LogP contribution in [0.3, 0.4) is 0 Å². The van der Waals surface area contributed by atoms with Gasteiger partial charge in [0.1, 0.15) is 0 Å². The van der Waals surface area contributed by atoms with Gasteiger partial charge in [-0.1, -0.05) is 37.3 Å². The molecule has 2 aliphatic carbocycles. The van der Waals surface area contributed by atoms with E-state index in [1.165, 1.54) is 31.2 Å². The van der Waals surface area contributed by atoms with E-state index in [4.69, 9.17) is 5.11 Å². The number of fused-ring (bicyclic) bond motifs is 1. The minimum absolute atomic E-state index is 0.410. The molecule has 0 bridgehead atoms. The highest BCUT2D eigenvalue weighted by Gasteiger charge is 2.40. The van der Waals surface area contributed by atoms with Crippen molar-refractivity contribution in [1.29, 1.82) is 0 Å². The van der Waals surface area contributed by atoms with E-state index in [1.807, 2.05) is 6.07 Å². The summed E-state index contributed by atoms with van der Waals surface area (Å²) in [6, 6.07) is 10.5. The van der Waals surface area contributed by atoms with Gasteiger partial charge in [0.15, 0.2) is 0 Å². The zero-order valence-corrected chi connectivity index (χ0v) is 11.7. The first-order valence-electron chi connectivity index (χ1n) is 7.44. The summed E-state index contributed by atoms with van der Waals surface area (Å²) in [6.45, 7) is 2.16. The Morgan fingerprint density at radius 3 is 2.11 bits per heavy atom. The molecule has 2 atom stereocenters. The molecule has 0 heterocycles. The lowest BCUT2D eigenvalue weighted by Crippen LogP contribution is -2.18. The monoisotopic (exact) mass is 260 g/mol. The number of carbonyl (C=O) groups is 1. The van der Waals surface area contributed by atoms with Crippen LogP contribution in [0, 0.1) is 17.8 Å². The number of aryl methyl sites for hydroxylation is 1. The third-order valence-electron chi connectivity index (χ3n) is 4.56. The molecule has 104 valence electrons. The second-order valence-corrected chi connectivity index (χ2v) is 5.87. The summed E-state index contributed by atoms with van der Waals surface area (Å²) in [5.41, 5.74) is 1.41. The molecule has 0 amide bonds. The van der Waals surface area contributed by atoms with Crippen molar-refractivity contribution in [2.45, 2.75) is 45.4 Å². The van der Waals surface area contributed by atoms with Gasteiger partial charge in [0.2, 0.25) is 0 Å². The summed E-state index contributed by atoms with van der Waals surface area (Å²) in [6.07, 6.45) is 6.66. The van der Waals surface area contributed by atoms with Crippen LogP contribution in [0.1, 0.15) is 44.6 Å². The summed E-state index contributed by atoms with van der Waals surface area (Å²) in [5.74, 6) is 1.69. The van der Waals surface area contributed by atoms with E-state index >= 15 is 0 Å². The average Bonchev–Trinajstić information content (AvgIpc) is 2.67. The van der Waals surface area contributed by atoms with Crippen molar-refractivity contribution in [2.24, 2.45) is 17.8 Å². The Labute approximate surface area is 115 Å². The predicted octanol–water partition coefficient (Wildman–Crippen LogP) is 4.15. The Morgan fingerprint density at radius 1 is 1.16 bits per heavy atom. The minimum Gasteiger partial charge on any atom is -0.481 e. The Balaban J connectivity index is 0.000000148. The third kappa shape index (κ3) is 4.09. The Bertz CT molecular complexity index is 387. The minimum atomic E-state index is -0.615. The van der Waals surface area contributed by atoms with Gasteiger partial charge in [0.05, 0.1) is 0 Å². The lowest BCUT2D eigenvalue weighted by molar-refractivity contribution is -0.138. The van der Waals surface area contributed by atoms with Crippen molar-refractivity contribution >= 4 is 5.97 Å². The molecule has 1 aromatic carbocycles. The van der Waals surface area contributed by atoms with Crippen LogP contribution < -0.4 is 0 Å². The highest BCUT2D eigenvalue weighted by atomic mass is 16.4. The summed E-state index contributed by atoms with van der Waals surface area (Å²) < 4.78 is 0. The van der Waals surface area contributed by atoms with Crippen LogP contribution in [0.2, 0.25) is 0 Å². The van der Waals surface area contributed by atoms with Crippen molar-refractivity contribution in [3.63, 3.8) is 0 Å². The van der Waals surface area contributed by atoms with Crippen LogP contribution in [0.5, 0.6) is 0 Å². The van der Waals surface area contributed by atoms with E-state index in [9.17, 15) is 4.79 Å². The van der Waals surface area contributed by atoms with E-state index < -0.39 is 5.97 Å². The van der Waals surface area contributed by atoms with E-state index in [-0.39, 0.29) is 0 Å². The number of hydrogen-bond donors (Lipinski definition) is 1. The number of rotatable bonds is 3. The third-order valence-corrected chi connectivity index (χ3v) is 4.56. The summed E-state index contributed by atoms with van der Waals surface area (Å²) in [7, 11) is 0. The van der Waals surface area contributed by atoms with Gasteiger partial charge in [0.25, 0.3) is 0 Å². The fourth-order valence-corrected chi connectivity index (χ4v) is 3.34. The van der Waals surface area contributed by atoms with Crippen LogP contribution >= 0.6 is 0 Å². The first-order chi connectivity index (χ1) is 9.19. The van der Waals surface area contributed by atoms with Gasteiger partial charge in [-0.2, -0.15) is 0 Å². The molecule has 2 saturated carbocycles. The highest BCUT2D eigenvalue weighted by Crippen LogP contribution is 2.50. The Kier molecular flexibility index (Phi) is 5.00. The number of carboxylic acids is 1. The summed E-state index contributed by atoms with van der Waals surface area (Å²) in [4.78, 5) is 10.4. The van der Waals surface area contributed by atoms with Crippen molar-refractivity contribution in [1.82, 2.24) is 0 Å². The molecule has 0 saturated heterocycles. The maximum Gasteiger partial charge on any atom is 0.303 e. The number of aliphatic carboxylic acids is 1. The molecular weight excluding hydrogens is 236 g/mol. The normalized spacial score (nSPS) is 27.7. The quantitative estimate of drug-likeness (QED) is 0.886. The molecule has 2 aliphatic rings. The fraction of sp³-hybridized carbons (Fsp3) is 0.588. The Morgan fingerprint density at radius 2 is 1.74 bits per heavy atom. The second kappa shape index (κ2) is 6.74.